The van der Waals surface area contributed by atoms with E-state index in [9.17, 15) is 19.5 Å². The summed E-state index contributed by atoms with van der Waals surface area (Å²) in [6.07, 6.45) is 4.72. The van der Waals surface area contributed by atoms with Crippen LogP contribution < -0.4 is 10.6 Å². The smallest absolute Gasteiger partial charge is 0.354 e. The van der Waals surface area contributed by atoms with Crippen molar-refractivity contribution in [2.24, 2.45) is 0 Å². The minimum absolute atomic E-state index is 0.0143. The number of anilines is 1. The van der Waals surface area contributed by atoms with Gasteiger partial charge in [0.05, 0.1) is 11.8 Å². The molecule has 2 aromatic heterocycles. The van der Waals surface area contributed by atoms with Crippen molar-refractivity contribution in [3.63, 3.8) is 0 Å². The number of carboxylic acid groups (broad SMARTS) is 1. The van der Waals surface area contributed by atoms with E-state index in [-0.39, 0.29) is 23.2 Å². The number of carboxylic acids is 1. The summed E-state index contributed by atoms with van der Waals surface area (Å²) in [5.41, 5.74) is 0.230. The van der Waals surface area contributed by atoms with Crippen molar-refractivity contribution in [2.45, 2.75) is 45.4 Å². The summed E-state index contributed by atoms with van der Waals surface area (Å²) < 4.78 is 8.15. The van der Waals surface area contributed by atoms with Gasteiger partial charge in [-0.05, 0) is 32.8 Å². The van der Waals surface area contributed by atoms with Crippen molar-refractivity contribution in [1.82, 2.24) is 24.9 Å². The Morgan fingerprint density at radius 2 is 2.21 bits per heavy atom. The quantitative estimate of drug-likeness (QED) is 0.594. The number of aromatic carboxylic acids is 1. The van der Waals surface area contributed by atoms with Crippen LogP contribution in [-0.4, -0.2) is 61.7 Å². The maximum Gasteiger partial charge on any atom is 0.354 e. The fourth-order valence-corrected chi connectivity index (χ4v) is 3.08. The van der Waals surface area contributed by atoms with Crippen LogP contribution in [0.4, 0.5) is 5.69 Å². The van der Waals surface area contributed by atoms with Crippen LogP contribution >= 0.6 is 0 Å². The average molecular weight is 404 g/mol. The van der Waals surface area contributed by atoms with E-state index in [4.69, 9.17) is 4.74 Å². The van der Waals surface area contributed by atoms with Crippen LogP contribution in [0.25, 0.3) is 0 Å². The summed E-state index contributed by atoms with van der Waals surface area (Å²) >= 11 is 0. The second kappa shape index (κ2) is 8.86. The normalized spacial score (nSPS) is 17.1. The minimum Gasteiger partial charge on any atom is -0.477 e. The number of hydrogen-bond donors (Lipinski definition) is 3. The Balaban J connectivity index is 1.73. The Bertz CT molecular complexity index is 898. The fourth-order valence-electron chi connectivity index (χ4n) is 3.08. The third-order valence-corrected chi connectivity index (χ3v) is 4.71. The number of aryl methyl sites for hydroxylation is 1. The van der Waals surface area contributed by atoms with Gasteiger partial charge in [0.25, 0.3) is 5.91 Å². The van der Waals surface area contributed by atoms with Crippen molar-refractivity contribution in [3.8, 4) is 0 Å². The van der Waals surface area contributed by atoms with E-state index >= 15 is 0 Å². The fraction of sp³-hybridized carbons (Fsp3) is 0.500. The van der Waals surface area contributed by atoms with Gasteiger partial charge < -0.3 is 20.5 Å². The highest BCUT2D eigenvalue weighted by molar-refractivity contribution is 6.03. The molecule has 2 aromatic rings. The van der Waals surface area contributed by atoms with Gasteiger partial charge in [0.2, 0.25) is 5.91 Å². The molecular weight excluding hydrogens is 380 g/mol. The SMILES string of the molecule is CCn1cc(NC(=O)C(C)n2nccc2C(=O)O)c(C(=O)NCC2CCCO2)n1. The zero-order chi connectivity index (χ0) is 21.0. The molecule has 1 fully saturated rings. The van der Waals surface area contributed by atoms with Gasteiger partial charge in [0.15, 0.2) is 5.69 Å². The maximum absolute atomic E-state index is 12.7. The third kappa shape index (κ3) is 4.62. The molecule has 11 heteroatoms. The summed E-state index contributed by atoms with van der Waals surface area (Å²) in [5, 5.41) is 22.8. The van der Waals surface area contributed by atoms with Gasteiger partial charge in [0, 0.05) is 32.1 Å². The van der Waals surface area contributed by atoms with Crippen LogP contribution in [0.3, 0.4) is 0 Å². The lowest BCUT2D eigenvalue weighted by Gasteiger charge is -2.14. The molecule has 2 amide bonds. The van der Waals surface area contributed by atoms with Crippen molar-refractivity contribution >= 4 is 23.5 Å². The molecule has 0 spiro atoms. The van der Waals surface area contributed by atoms with Gasteiger partial charge in [-0.1, -0.05) is 0 Å². The predicted octanol–water partition coefficient (Wildman–Crippen LogP) is 0.906. The number of nitrogens with one attached hydrogen (secondary N) is 2. The van der Waals surface area contributed by atoms with Crippen molar-refractivity contribution in [2.75, 3.05) is 18.5 Å². The molecule has 29 heavy (non-hydrogen) atoms. The van der Waals surface area contributed by atoms with Crippen LogP contribution in [0.5, 0.6) is 0 Å². The van der Waals surface area contributed by atoms with E-state index in [1.54, 1.807) is 6.20 Å². The van der Waals surface area contributed by atoms with E-state index in [1.165, 1.54) is 23.9 Å². The molecule has 0 radical (unpaired) electrons. The Morgan fingerprint density at radius 1 is 1.41 bits per heavy atom. The molecule has 2 atom stereocenters. The molecule has 1 saturated heterocycles. The van der Waals surface area contributed by atoms with Crippen molar-refractivity contribution in [3.05, 3.63) is 29.8 Å². The first kappa shape index (κ1) is 20.5. The highest BCUT2D eigenvalue weighted by atomic mass is 16.5. The Hall–Kier alpha value is -3.21. The third-order valence-electron chi connectivity index (χ3n) is 4.71. The number of ether oxygens (including phenoxy) is 1. The lowest BCUT2D eigenvalue weighted by molar-refractivity contribution is -0.119. The second-order valence-corrected chi connectivity index (χ2v) is 6.72. The summed E-state index contributed by atoms with van der Waals surface area (Å²) in [4.78, 5) is 36.5. The molecule has 3 heterocycles. The first-order chi connectivity index (χ1) is 13.9. The first-order valence-electron chi connectivity index (χ1n) is 9.45. The van der Waals surface area contributed by atoms with E-state index in [1.807, 2.05) is 6.92 Å². The average Bonchev–Trinajstić information content (AvgIpc) is 3.45. The Morgan fingerprint density at radius 3 is 2.86 bits per heavy atom. The van der Waals surface area contributed by atoms with Crippen LogP contribution in [0.15, 0.2) is 18.5 Å². The molecule has 0 aromatic carbocycles. The van der Waals surface area contributed by atoms with Gasteiger partial charge in [-0.3, -0.25) is 14.3 Å². The Kier molecular flexibility index (Phi) is 6.27. The van der Waals surface area contributed by atoms with Crippen LogP contribution in [0, 0.1) is 0 Å². The van der Waals surface area contributed by atoms with E-state index in [2.05, 4.69) is 20.8 Å². The van der Waals surface area contributed by atoms with E-state index in [0.717, 1.165) is 17.5 Å². The van der Waals surface area contributed by atoms with Crippen LogP contribution in [0.2, 0.25) is 0 Å². The van der Waals surface area contributed by atoms with Gasteiger partial charge >= 0.3 is 5.97 Å². The molecule has 3 rings (SSSR count). The van der Waals surface area contributed by atoms with Crippen molar-refractivity contribution in [1.29, 1.82) is 0 Å². The standard InChI is InChI=1S/C18H24N6O5/c1-3-23-10-13(15(22-23)17(26)19-9-12-5-4-8-29-12)21-16(25)11(2)24-14(18(27)28)6-7-20-24/h6-7,10-12H,3-5,8-9H2,1-2H3,(H,19,26)(H,21,25)(H,27,28). The lowest BCUT2D eigenvalue weighted by atomic mass is 10.2. The first-order valence-corrected chi connectivity index (χ1v) is 9.45. The van der Waals surface area contributed by atoms with Gasteiger partial charge in [0.1, 0.15) is 11.7 Å². The number of hydrogen-bond acceptors (Lipinski definition) is 6. The number of amides is 2. The monoisotopic (exact) mass is 404 g/mol. The highest BCUT2D eigenvalue weighted by Gasteiger charge is 2.25. The summed E-state index contributed by atoms with van der Waals surface area (Å²) in [6, 6.07) is 0.412. The Labute approximate surface area is 167 Å². The zero-order valence-corrected chi connectivity index (χ0v) is 16.3. The molecule has 1 aliphatic heterocycles. The summed E-state index contributed by atoms with van der Waals surface area (Å²) in [7, 11) is 0. The number of nitrogens with zero attached hydrogens (tertiary/aromatic N) is 4. The molecule has 11 nitrogen and oxygen atoms in total. The summed E-state index contributed by atoms with van der Waals surface area (Å²) in [6.45, 7) is 4.96. The molecule has 0 aliphatic carbocycles. The van der Waals surface area contributed by atoms with Crippen molar-refractivity contribution < 1.29 is 24.2 Å². The maximum atomic E-state index is 12.7. The highest BCUT2D eigenvalue weighted by Crippen LogP contribution is 2.18. The predicted molar refractivity (Wildman–Crippen MR) is 102 cm³/mol. The topological polar surface area (TPSA) is 140 Å². The van der Waals surface area contributed by atoms with Gasteiger partial charge in [-0.2, -0.15) is 10.2 Å². The van der Waals surface area contributed by atoms with E-state index < -0.39 is 23.8 Å². The molecule has 0 bridgehead atoms. The lowest BCUT2D eigenvalue weighted by Crippen LogP contribution is -2.33. The van der Waals surface area contributed by atoms with Crippen LogP contribution in [0.1, 0.15) is 53.7 Å². The second-order valence-electron chi connectivity index (χ2n) is 6.72. The molecule has 3 N–H and O–H groups in total. The largest absolute Gasteiger partial charge is 0.477 e. The molecule has 2 unspecified atom stereocenters. The van der Waals surface area contributed by atoms with Gasteiger partial charge in [-0.15, -0.1) is 0 Å². The number of carbonyl (C=O) groups is 3. The van der Waals surface area contributed by atoms with Gasteiger partial charge in [-0.25, -0.2) is 9.48 Å². The minimum atomic E-state index is -1.19. The molecule has 1 aliphatic rings. The molecule has 156 valence electrons. The molecule has 0 saturated carbocycles. The number of rotatable bonds is 8. The summed E-state index contributed by atoms with van der Waals surface area (Å²) in [5.74, 6) is -2.11. The van der Waals surface area contributed by atoms with Crippen LogP contribution in [-0.2, 0) is 16.1 Å². The zero-order valence-electron chi connectivity index (χ0n) is 16.3. The number of aromatic nitrogens is 4. The molecular formula is C18H24N6O5. The van der Waals surface area contributed by atoms with E-state index in [0.29, 0.717) is 19.7 Å². The number of carbonyl (C=O) groups excluding carboxylic acids is 2.